The van der Waals surface area contributed by atoms with Crippen molar-refractivity contribution in [1.29, 1.82) is 5.26 Å². The molecule has 1 saturated heterocycles. The van der Waals surface area contributed by atoms with Crippen LogP contribution in [0.2, 0.25) is 5.02 Å². The molecular formula is C13H16ClN3. The average molecular weight is 250 g/mol. The predicted octanol–water partition coefficient (Wildman–Crippen LogP) is 3.23. The van der Waals surface area contributed by atoms with Gasteiger partial charge in [0.05, 0.1) is 5.56 Å². The number of aromatic nitrogens is 1. The molecule has 0 radical (unpaired) electrons. The van der Waals surface area contributed by atoms with E-state index in [1.165, 1.54) is 0 Å². The summed E-state index contributed by atoms with van der Waals surface area (Å²) < 4.78 is 0. The largest absolute Gasteiger partial charge is 0.353 e. The van der Waals surface area contributed by atoms with Crippen molar-refractivity contribution in [3.63, 3.8) is 0 Å². The Morgan fingerprint density at radius 2 is 2.29 bits per heavy atom. The molecule has 0 aromatic carbocycles. The molecule has 2 atom stereocenters. The molecule has 1 aromatic heterocycles. The summed E-state index contributed by atoms with van der Waals surface area (Å²) in [5.41, 5.74) is 0.502. The molecule has 0 saturated carbocycles. The molecule has 1 aliphatic heterocycles. The number of pyridine rings is 1. The van der Waals surface area contributed by atoms with Crippen molar-refractivity contribution in [2.24, 2.45) is 5.92 Å². The zero-order chi connectivity index (χ0) is 12.4. The Morgan fingerprint density at radius 3 is 2.94 bits per heavy atom. The van der Waals surface area contributed by atoms with Crippen LogP contribution in [0.1, 0.15) is 32.3 Å². The van der Waals surface area contributed by atoms with Crippen molar-refractivity contribution in [2.45, 2.75) is 32.7 Å². The lowest BCUT2D eigenvalue weighted by Crippen LogP contribution is -2.40. The lowest BCUT2D eigenvalue weighted by molar-refractivity contribution is 0.376. The number of anilines is 1. The minimum Gasteiger partial charge on any atom is -0.353 e. The van der Waals surface area contributed by atoms with Crippen LogP contribution in [0.4, 0.5) is 5.82 Å². The predicted molar refractivity (Wildman–Crippen MR) is 69.2 cm³/mol. The molecule has 2 heterocycles. The van der Waals surface area contributed by atoms with Crippen LogP contribution in [-0.2, 0) is 0 Å². The second kappa shape index (κ2) is 4.93. The quantitative estimate of drug-likeness (QED) is 0.767. The van der Waals surface area contributed by atoms with E-state index in [-0.39, 0.29) is 0 Å². The Balaban J connectivity index is 2.32. The van der Waals surface area contributed by atoms with E-state index in [0.29, 0.717) is 16.6 Å². The van der Waals surface area contributed by atoms with E-state index in [1.54, 1.807) is 12.3 Å². The maximum Gasteiger partial charge on any atom is 0.148 e. The maximum atomic E-state index is 8.97. The number of rotatable bonds is 1. The molecule has 0 bridgehead atoms. The summed E-state index contributed by atoms with van der Waals surface area (Å²) in [6.45, 7) is 5.42. The maximum absolute atomic E-state index is 8.97. The van der Waals surface area contributed by atoms with Gasteiger partial charge in [0.25, 0.3) is 0 Å². The summed E-state index contributed by atoms with van der Waals surface area (Å²) in [6, 6.07) is 4.18. The summed E-state index contributed by atoms with van der Waals surface area (Å²) >= 11 is 6.22. The second-order valence-corrected chi connectivity index (χ2v) is 5.16. The summed E-state index contributed by atoms with van der Waals surface area (Å²) in [6.07, 6.45) is 3.96. The molecule has 90 valence electrons. The molecule has 17 heavy (non-hydrogen) atoms. The number of halogens is 1. The summed E-state index contributed by atoms with van der Waals surface area (Å²) in [5.74, 6) is 1.50. The lowest BCUT2D eigenvalue weighted by atomic mass is 9.93. The van der Waals surface area contributed by atoms with Crippen LogP contribution in [0, 0.1) is 17.2 Å². The van der Waals surface area contributed by atoms with Crippen molar-refractivity contribution in [3.05, 3.63) is 22.8 Å². The topological polar surface area (TPSA) is 39.9 Å². The lowest BCUT2D eigenvalue weighted by Gasteiger charge is -2.37. The van der Waals surface area contributed by atoms with Crippen LogP contribution < -0.4 is 4.90 Å². The number of nitrogens with zero attached hydrogens (tertiary/aromatic N) is 3. The van der Waals surface area contributed by atoms with Gasteiger partial charge < -0.3 is 4.90 Å². The molecule has 0 aliphatic carbocycles. The minimum absolute atomic E-state index is 0.428. The van der Waals surface area contributed by atoms with Gasteiger partial charge in [-0.15, -0.1) is 0 Å². The summed E-state index contributed by atoms with van der Waals surface area (Å²) in [7, 11) is 0. The smallest absolute Gasteiger partial charge is 0.148 e. The first kappa shape index (κ1) is 12.2. The van der Waals surface area contributed by atoms with Crippen LogP contribution in [-0.4, -0.2) is 17.6 Å². The normalized spacial score (nSPS) is 24.5. The third-order valence-corrected chi connectivity index (χ3v) is 3.77. The SMILES string of the molecule is CC1CCN(c2nccc(C#N)c2Cl)C(C)C1. The number of hydrogen-bond acceptors (Lipinski definition) is 3. The van der Waals surface area contributed by atoms with Gasteiger partial charge in [-0.05, 0) is 31.7 Å². The zero-order valence-electron chi connectivity index (χ0n) is 10.2. The van der Waals surface area contributed by atoms with Crippen molar-refractivity contribution < 1.29 is 0 Å². The minimum atomic E-state index is 0.428. The third kappa shape index (κ3) is 2.37. The Hall–Kier alpha value is -1.27. The van der Waals surface area contributed by atoms with Crippen molar-refractivity contribution in [3.8, 4) is 6.07 Å². The van der Waals surface area contributed by atoms with Crippen LogP contribution in [0.25, 0.3) is 0 Å². The average Bonchev–Trinajstić information content (AvgIpc) is 2.30. The molecule has 4 heteroatoms. The third-order valence-electron chi connectivity index (χ3n) is 3.40. The van der Waals surface area contributed by atoms with E-state index < -0.39 is 0 Å². The first-order valence-corrected chi connectivity index (χ1v) is 6.32. The highest BCUT2D eigenvalue weighted by atomic mass is 35.5. The van der Waals surface area contributed by atoms with E-state index >= 15 is 0 Å². The number of hydrogen-bond donors (Lipinski definition) is 0. The Bertz CT molecular complexity index is 452. The van der Waals surface area contributed by atoms with E-state index in [2.05, 4.69) is 29.8 Å². The highest BCUT2D eigenvalue weighted by Gasteiger charge is 2.26. The Labute approximate surface area is 107 Å². The highest BCUT2D eigenvalue weighted by Crippen LogP contribution is 2.32. The van der Waals surface area contributed by atoms with Crippen molar-refractivity contribution in [1.82, 2.24) is 4.98 Å². The van der Waals surface area contributed by atoms with Crippen molar-refractivity contribution >= 4 is 17.4 Å². The van der Waals surface area contributed by atoms with Gasteiger partial charge in [-0.2, -0.15) is 5.26 Å². The fraction of sp³-hybridized carbons (Fsp3) is 0.538. The van der Waals surface area contributed by atoms with Crippen LogP contribution >= 0.6 is 11.6 Å². The van der Waals surface area contributed by atoms with Gasteiger partial charge in [-0.1, -0.05) is 18.5 Å². The molecule has 2 unspecified atom stereocenters. The van der Waals surface area contributed by atoms with Crippen molar-refractivity contribution in [2.75, 3.05) is 11.4 Å². The first-order chi connectivity index (χ1) is 8.13. The van der Waals surface area contributed by atoms with Gasteiger partial charge in [0.1, 0.15) is 16.9 Å². The molecule has 3 nitrogen and oxygen atoms in total. The molecule has 2 rings (SSSR count). The molecule has 0 N–H and O–H groups in total. The second-order valence-electron chi connectivity index (χ2n) is 4.78. The molecule has 1 fully saturated rings. The van der Waals surface area contributed by atoms with Crippen LogP contribution in [0.5, 0.6) is 0 Å². The standard InChI is InChI=1S/C13H16ClN3/c1-9-4-6-17(10(2)7-9)13-12(14)11(8-15)3-5-16-13/h3,5,9-10H,4,6-7H2,1-2H3. The van der Waals surface area contributed by atoms with Gasteiger partial charge in [-0.25, -0.2) is 4.98 Å². The zero-order valence-corrected chi connectivity index (χ0v) is 10.9. The Morgan fingerprint density at radius 1 is 1.53 bits per heavy atom. The molecule has 0 amide bonds. The fourth-order valence-corrected chi connectivity index (χ4v) is 2.70. The van der Waals surface area contributed by atoms with E-state index in [4.69, 9.17) is 16.9 Å². The van der Waals surface area contributed by atoms with Crippen LogP contribution in [0.15, 0.2) is 12.3 Å². The molecule has 1 aromatic rings. The highest BCUT2D eigenvalue weighted by molar-refractivity contribution is 6.34. The molecular weight excluding hydrogens is 234 g/mol. The summed E-state index contributed by atoms with van der Waals surface area (Å²) in [4.78, 5) is 6.54. The van der Waals surface area contributed by atoms with E-state index in [0.717, 1.165) is 31.1 Å². The van der Waals surface area contributed by atoms with E-state index in [9.17, 15) is 0 Å². The van der Waals surface area contributed by atoms with Gasteiger partial charge in [-0.3, -0.25) is 0 Å². The fourth-order valence-electron chi connectivity index (χ4n) is 2.44. The van der Waals surface area contributed by atoms with Gasteiger partial charge in [0.2, 0.25) is 0 Å². The van der Waals surface area contributed by atoms with Crippen LogP contribution in [0.3, 0.4) is 0 Å². The van der Waals surface area contributed by atoms with E-state index in [1.807, 2.05) is 0 Å². The first-order valence-electron chi connectivity index (χ1n) is 5.94. The molecule has 1 aliphatic rings. The summed E-state index contributed by atoms with van der Waals surface area (Å²) in [5, 5.41) is 9.45. The van der Waals surface area contributed by atoms with Gasteiger partial charge in [0.15, 0.2) is 0 Å². The van der Waals surface area contributed by atoms with Gasteiger partial charge >= 0.3 is 0 Å². The van der Waals surface area contributed by atoms with Gasteiger partial charge in [0, 0.05) is 18.8 Å². The number of piperidine rings is 1. The monoisotopic (exact) mass is 249 g/mol. The number of nitriles is 1. The molecule has 0 spiro atoms. The Kier molecular flexibility index (Phi) is 3.54.